The fourth-order valence-electron chi connectivity index (χ4n) is 2.49. The van der Waals surface area contributed by atoms with Crippen LogP contribution in [0, 0.1) is 5.82 Å². The van der Waals surface area contributed by atoms with Crippen LogP contribution < -0.4 is 5.32 Å². The molecule has 1 aromatic rings. The van der Waals surface area contributed by atoms with E-state index in [1.807, 2.05) is 0 Å². The quantitative estimate of drug-likeness (QED) is 0.787. The van der Waals surface area contributed by atoms with Gasteiger partial charge in [-0.15, -0.1) is 0 Å². The smallest absolute Gasteiger partial charge is 0.419 e. The fourth-order valence-corrected chi connectivity index (χ4v) is 2.49. The number of nitrogens with one attached hydrogen (secondary N) is 1. The zero-order valence-electron chi connectivity index (χ0n) is 13.7. The van der Waals surface area contributed by atoms with Crippen molar-refractivity contribution in [1.82, 2.24) is 10.2 Å². The van der Waals surface area contributed by atoms with Gasteiger partial charge in [0.15, 0.2) is 0 Å². The third kappa shape index (κ3) is 4.37. The SMILES string of the molecule is CC(C)(C)OC(=O)N1CCNC(c2cccc(C(F)(F)F)c2F)C1. The van der Waals surface area contributed by atoms with Gasteiger partial charge >= 0.3 is 12.3 Å². The van der Waals surface area contributed by atoms with Gasteiger partial charge in [-0.25, -0.2) is 9.18 Å². The van der Waals surface area contributed by atoms with Crippen molar-refractivity contribution < 1.29 is 27.1 Å². The normalized spacial score (nSPS) is 19.3. The minimum Gasteiger partial charge on any atom is -0.444 e. The van der Waals surface area contributed by atoms with Gasteiger partial charge in [-0.3, -0.25) is 0 Å². The van der Waals surface area contributed by atoms with Crippen LogP contribution in [-0.4, -0.2) is 36.2 Å². The number of ether oxygens (including phenoxy) is 1. The number of piperazine rings is 1. The van der Waals surface area contributed by atoms with Crippen LogP contribution in [-0.2, 0) is 10.9 Å². The lowest BCUT2D eigenvalue weighted by molar-refractivity contribution is -0.140. The summed E-state index contributed by atoms with van der Waals surface area (Å²) in [5.41, 5.74) is -2.10. The van der Waals surface area contributed by atoms with Crippen molar-refractivity contribution >= 4 is 6.09 Å². The van der Waals surface area contributed by atoms with E-state index in [1.54, 1.807) is 20.8 Å². The summed E-state index contributed by atoms with van der Waals surface area (Å²) in [5.74, 6) is -1.31. The molecule has 1 saturated heterocycles. The summed E-state index contributed by atoms with van der Waals surface area (Å²) >= 11 is 0. The van der Waals surface area contributed by atoms with E-state index >= 15 is 0 Å². The van der Waals surface area contributed by atoms with E-state index < -0.39 is 35.3 Å². The maximum Gasteiger partial charge on any atom is 0.419 e. The Hall–Kier alpha value is -1.83. The summed E-state index contributed by atoms with van der Waals surface area (Å²) in [4.78, 5) is 13.5. The number of rotatable bonds is 1. The van der Waals surface area contributed by atoms with Gasteiger partial charge in [0.05, 0.1) is 11.6 Å². The molecule has 0 radical (unpaired) electrons. The first-order chi connectivity index (χ1) is 11.0. The van der Waals surface area contributed by atoms with Crippen LogP contribution >= 0.6 is 0 Å². The molecule has 1 aromatic carbocycles. The maximum absolute atomic E-state index is 14.3. The predicted molar refractivity (Wildman–Crippen MR) is 80.0 cm³/mol. The number of hydrogen-bond acceptors (Lipinski definition) is 3. The average Bonchev–Trinajstić information content (AvgIpc) is 2.44. The molecule has 1 heterocycles. The van der Waals surface area contributed by atoms with Crippen molar-refractivity contribution in [2.45, 2.75) is 38.6 Å². The molecule has 0 aromatic heterocycles. The van der Waals surface area contributed by atoms with Crippen LogP contribution in [0.5, 0.6) is 0 Å². The Balaban J connectivity index is 2.20. The van der Waals surface area contributed by atoms with E-state index in [2.05, 4.69) is 5.32 Å². The molecule has 8 heteroatoms. The van der Waals surface area contributed by atoms with Crippen LogP contribution in [0.15, 0.2) is 18.2 Å². The summed E-state index contributed by atoms with van der Waals surface area (Å²) in [6.07, 6.45) is -5.33. The molecule has 1 N–H and O–H groups in total. The van der Waals surface area contributed by atoms with Crippen molar-refractivity contribution in [3.63, 3.8) is 0 Å². The molecule has 134 valence electrons. The monoisotopic (exact) mass is 348 g/mol. The molecule has 2 rings (SSSR count). The summed E-state index contributed by atoms with van der Waals surface area (Å²) in [6.45, 7) is 5.86. The first kappa shape index (κ1) is 18.5. The lowest BCUT2D eigenvalue weighted by Gasteiger charge is -2.35. The van der Waals surface area contributed by atoms with Crippen molar-refractivity contribution in [2.24, 2.45) is 0 Å². The lowest BCUT2D eigenvalue weighted by atomic mass is 10.0. The zero-order valence-corrected chi connectivity index (χ0v) is 13.7. The van der Waals surface area contributed by atoms with Crippen molar-refractivity contribution in [3.05, 3.63) is 35.1 Å². The van der Waals surface area contributed by atoms with Crippen molar-refractivity contribution in [1.29, 1.82) is 0 Å². The van der Waals surface area contributed by atoms with Gasteiger partial charge in [-0.05, 0) is 26.8 Å². The third-order valence-corrected chi connectivity index (χ3v) is 3.54. The summed E-state index contributed by atoms with van der Waals surface area (Å²) < 4.78 is 58.0. The minimum absolute atomic E-state index is 0.0349. The molecule has 1 atom stereocenters. The molecule has 1 aliphatic heterocycles. The van der Waals surface area contributed by atoms with Crippen LogP contribution in [0.2, 0.25) is 0 Å². The Bertz CT molecular complexity index is 611. The Kier molecular flexibility index (Phi) is 5.08. The van der Waals surface area contributed by atoms with E-state index in [4.69, 9.17) is 4.74 Å². The highest BCUT2D eigenvalue weighted by molar-refractivity contribution is 5.68. The van der Waals surface area contributed by atoms with Gasteiger partial charge in [-0.1, -0.05) is 12.1 Å². The number of alkyl halides is 3. The van der Waals surface area contributed by atoms with Crippen LogP contribution in [0.3, 0.4) is 0 Å². The van der Waals surface area contributed by atoms with Gasteiger partial charge in [0.1, 0.15) is 11.4 Å². The molecule has 24 heavy (non-hydrogen) atoms. The van der Waals surface area contributed by atoms with Crippen molar-refractivity contribution in [3.8, 4) is 0 Å². The number of halogens is 4. The third-order valence-electron chi connectivity index (χ3n) is 3.54. The Morgan fingerprint density at radius 3 is 2.54 bits per heavy atom. The van der Waals surface area contributed by atoms with E-state index in [0.29, 0.717) is 19.2 Å². The standard InChI is InChI=1S/C16H20F4N2O2/c1-15(2,3)24-14(23)22-8-7-21-12(9-22)10-5-4-6-11(13(10)17)16(18,19)20/h4-6,12,21H,7-9H2,1-3H3. The number of benzene rings is 1. The molecule has 1 aliphatic rings. The molecular weight excluding hydrogens is 328 g/mol. The molecular formula is C16H20F4N2O2. The lowest BCUT2D eigenvalue weighted by Crippen LogP contribution is -2.50. The van der Waals surface area contributed by atoms with Gasteiger partial charge in [-0.2, -0.15) is 13.2 Å². The summed E-state index contributed by atoms with van der Waals surface area (Å²) in [6, 6.07) is 2.43. The van der Waals surface area contributed by atoms with E-state index in [9.17, 15) is 22.4 Å². The molecule has 1 fully saturated rings. The second kappa shape index (κ2) is 6.58. The second-order valence-electron chi connectivity index (χ2n) is 6.64. The Morgan fingerprint density at radius 1 is 1.29 bits per heavy atom. The molecule has 0 aliphatic carbocycles. The highest BCUT2D eigenvalue weighted by atomic mass is 19.4. The van der Waals surface area contributed by atoms with Gasteiger partial charge < -0.3 is 15.0 Å². The van der Waals surface area contributed by atoms with E-state index in [-0.39, 0.29) is 12.1 Å². The Morgan fingerprint density at radius 2 is 1.96 bits per heavy atom. The average molecular weight is 348 g/mol. The van der Waals surface area contributed by atoms with Crippen LogP contribution in [0.4, 0.5) is 22.4 Å². The topological polar surface area (TPSA) is 41.6 Å². The van der Waals surface area contributed by atoms with Crippen LogP contribution in [0.1, 0.15) is 37.9 Å². The first-order valence-electron chi connectivity index (χ1n) is 7.56. The van der Waals surface area contributed by atoms with Crippen molar-refractivity contribution in [2.75, 3.05) is 19.6 Å². The Labute approximate surface area is 137 Å². The first-order valence-corrected chi connectivity index (χ1v) is 7.56. The highest BCUT2D eigenvalue weighted by Gasteiger charge is 2.37. The summed E-state index contributed by atoms with van der Waals surface area (Å²) in [7, 11) is 0. The molecule has 1 unspecified atom stereocenters. The van der Waals surface area contributed by atoms with Gasteiger partial charge in [0.2, 0.25) is 0 Å². The number of carbonyl (C=O) groups is 1. The van der Waals surface area contributed by atoms with E-state index in [1.165, 1.54) is 11.0 Å². The number of amides is 1. The zero-order chi connectivity index (χ0) is 18.1. The number of carbonyl (C=O) groups excluding carboxylic acids is 1. The fraction of sp³-hybridized carbons (Fsp3) is 0.562. The van der Waals surface area contributed by atoms with E-state index in [0.717, 1.165) is 6.07 Å². The molecule has 0 bridgehead atoms. The predicted octanol–water partition coefficient (Wildman–Crippen LogP) is 3.73. The molecule has 4 nitrogen and oxygen atoms in total. The molecule has 0 spiro atoms. The minimum atomic E-state index is -4.76. The van der Waals surface area contributed by atoms with Crippen LogP contribution in [0.25, 0.3) is 0 Å². The largest absolute Gasteiger partial charge is 0.444 e. The number of nitrogens with zero attached hydrogens (tertiary/aromatic N) is 1. The second-order valence-corrected chi connectivity index (χ2v) is 6.64. The molecule has 1 amide bonds. The summed E-state index contributed by atoms with van der Waals surface area (Å²) in [5, 5.41) is 2.95. The molecule has 0 saturated carbocycles. The maximum atomic E-state index is 14.3. The van der Waals surface area contributed by atoms with Gasteiger partial charge in [0, 0.05) is 25.2 Å². The number of hydrogen-bond donors (Lipinski definition) is 1. The highest BCUT2D eigenvalue weighted by Crippen LogP contribution is 2.34. The van der Waals surface area contributed by atoms with Gasteiger partial charge in [0.25, 0.3) is 0 Å².